The van der Waals surface area contributed by atoms with Crippen molar-refractivity contribution in [2.24, 2.45) is 0 Å². The van der Waals surface area contributed by atoms with Crippen molar-refractivity contribution in [2.75, 3.05) is 0 Å². The summed E-state index contributed by atoms with van der Waals surface area (Å²) >= 11 is 0. The molecule has 0 amide bonds. The summed E-state index contributed by atoms with van der Waals surface area (Å²) in [4.78, 5) is 14.4. The zero-order valence-corrected chi connectivity index (χ0v) is 9.61. The molecular weight excluding hydrogens is 248 g/mol. The van der Waals surface area contributed by atoms with Gasteiger partial charge in [-0.05, 0) is 24.3 Å². The number of aromatic amines is 1. The van der Waals surface area contributed by atoms with Gasteiger partial charge in [-0.3, -0.25) is 15.2 Å². The number of benzene rings is 1. The van der Waals surface area contributed by atoms with Gasteiger partial charge in [0.1, 0.15) is 0 Å². The highest BCUT2D eigenvalue weighted by molar-refractivity contribution is 5.59. The summed E-state index contributed by atoms with van der Waals surface area (Å²) in [5, 5.41) is 17.4. The molecule has 1 N–H and O–H groups in total. The van der Waals surface area contributed by atoms with E-state index in [2.05, 4.69) is 15.2 Å². The van der Waals surface area contributed by atoms with Crippen LogP contribution < -0.4 is 0 Å². The van der Waals surface area contributed by atoms with Gasteiger partial charge in [0.2, 0.25) is 0 Å². The van der Waals surface area contributed by atoms with Crippen LogP contribution in [0.25, 0.3) is 23.0 Å². The number of non-ortho nitro benzene ring substituents is 1. The molecule has 7 heteroatoms. The molecule has 0 saturated heterocycles. The Morgan fingerprint density at radius 1 is 1.21 bits per heavy atom. The third-order valence-electron chi connectivity index (χ3n) is 2.58. The normalized spacial score (nSPS) is 10.5. The van der Waals surface area contributed by atoms with E-state index < -0.39 is 4.92 Å². The average Bonchev–Trinajstić information content (AvgIpc) is 3.10. The van der Waals surface area contributed by atoms with E-state index in [4.69, 9.17) is 4.42 Å². The molecule has 0 atom stereocenters. The first-order valence-corrected chi connectivity index (χ1v) is 5.45. The lowest BCUT2D eigenvalue weighted by molar-refractivity contribution is -0.384. The monoisotopic (exact) mass is 256 g/mol. The second-order valence-corrected chi connectivity index (χ2v) is 3.79. The van der Waals surface area contributed by atoms with Gasteiger partial charge in [0.05, 0.1) is 11.2 Å². The SMILES string of the molecule is O=[N+]([O-])c1ccc(-c2n[nH]c(-c3ccco3)n2)cc1. The molecule has 7 nitrogen and oxygen atoms in total. The summed E-state index contributed by atoms with van der Waals surface area (Å²) in [5.74, 6) is 1.56. The molecule has 94 valence electrons. The number of aromatic nitrogens is 3. The molecule has 0 aliphatic carbocycles. The van der Waals surface area contributed by atoms with Crippen LogP contribution in [0.4, 0.5) is 5.69 Å². The minimum absolute atomic E-state index is 0.0329. The van der Waals surface area contributed by atoms with E-state index in [-0.39, 0.29) is 5.69 Å². The third-order valence-corrected chi connectivity index (χ3v) is 2.58. The lowest BCUT2D eigenvalue weighted by atomic mass is 10.2. The van der Waals surface area contributed by atoms with Crippen LogP contribution in [0, 0.1) is 10.1 Å². The van der Waals surface area contributed by atoms with Crippen molar-refractivity contribution in [3.05, 3.63) is 52.8 Å². The molecule has 0 spiro atoms. The molecular formula is C12H8N4O3. The maximum absolute atomic E-state index is 10.6. The fourth-order valence-corrected chi connectivity index (χ4v) is 1.65. The van der Waals surface area contributed by atoms with Gasteiger partial charge in [-0.1, -0.05) is 0 Å². The molecule has 0 fully saturated rings. The van der Waals surface area contributed by atoms with Gasteiger partial charge in [-0.25, -0.2) is 4.98 Å². The summed E-state index contributed by atoms with van der Waals surface area (Å²) < 4.78 is 5.20. The van der Waals surface area contributed by atoms with E-state index >= 15 is 0 Å². The molecule has 3 aromatic rings. The van der Waals surface area contributed by atoms with Crippen molar-refractivity contribution < 1.29 is 9.34 Å². The lowest BCUT2D eigenvalue weighted by Crippen LogP contribution is -1.87. The quantitative estimate of drug-likeness (QED) is 0.573. The molecule has 2 heterocycles. The minimum atomic E-state index is -0.448. The zero-order chi connectivity index (χ0) is 13.2. The molecule has 2 aromatic heterocycles. The first-order valence-electron chi connectivity index (χ1n) is 5.45. The molecule has 0 unspecified atom stereocenters. The highest BCUT2D eigenvalue weighted by Gasteiger charge is 2.11. The molecule has 0 aliphatic rings. The number of furan rings is 1. The van der Waals surface area contributed by atoms with Crippen LogP contribution in [0.2, 0.25) is 0 Å². The Morgan fingerprint density at radius 2 is 2.00 bits per heavy atom. The largest absolute Gasteiger partial charge is 0.461 e. The fraction of sp³-hybridized carbons (Fsp3) is 0. The maximum atomic E-state index is 10.6. The first-order chi connectivity index (χ1) is 9.24. The van der Waals surface area contributed by atoms with E-state index in [1.165, 1.54) is 12.1 Å². The molecule has 0 aliphatic heterocycles. The standard InChI is InChI=1S/C12H8N4O3/c17-16(18)9-5-3-8(4-6-9)11-13-12(15-14-11)10-2-1-7-19-10/h1-7H,(H,13,14,15). The van der Waals surface area contributed by atoms with E-state index in [0.717, 1.165) is 0 Å². The fourth-order valence-electron chi connectivity index (χ4n) is 1.65. The molecule has 0 bridgehead atoms. The Bertz CT molecular complexity index is 701. The number of hydrogen-bond donors (Lipinski definition) is 1. The summed E-state index contributed by atoms with van der Waals surface area (Å²) in [6, 6.07) is 9.56. The van der Waals surface area contributed by atoms with Crippen molar-refractivity contribution in [2.45, 2.75) is 0 Å². The second-order valence-electron chi connectivity index (χ2n) is 3.79. The van der Waals surface area contributed by atoms with Crippen molar-refractivity contribution in [3.63, 3.8) is 0 Å². The van der Waals surface area contributed by atoms with Crippen molar-refractivity contribution in [1.82, 2.24) is 15.2 Å². The van der Waals surface area contributed by atoms with Gasteiger partial charge in [0.15, 0.2) is 17.4 Å². The third kappa shape index (κ3) is 2.08. The van der Waals surface area contributed by atoms with Crippen LogP contribution in [-0.2, 0) is 0 Å². The van der Waals surface area contributed by atoms with Crippen molar-refractivity contribution in [1.29, 1.82) is 0 Å². The van der Waals surface area contributed by atoms with Gasteiger partial charge < -0.3 is 4.42 Å². The summed E-state index contributed by atoms with van der Waals surface area (Å²) in [5.41, 5.74) is 0.727. The number of nitrogens with one attached hydrogen (secondary N) is 1. The van der Waals surface area contributed by atoms with E-state index in [9.17, 15) is 10.1 Å². The van der Waals surface area contributed by atoms with Crippen molar-refractivity contribution in [3.8, 4) is 23.0 Å². The lowest BCUT2D eigenvalue weighted by Gasteiger charge is -1.94. The Labute approximate surface area is 107 Å². The van der Waals surface area contributed by atoms with Gasteiger partial charge in [-0.2, -0.15) is 5.10 Å². The predicted octanol–water partition coefficient (Wildman–Crippen LogP) is 2.64. The predicted molar refractivity (Wildman–Crippen MR) is 66.2 cm³/mol. The first kappa shape index (κ1) is 11.1. The van der Waals surface area contributed by atoms with Crippen LogP contribution in [0.5, 0.6) is 0 Å². The second kappa shape index (κ2) is 4.37. The van der Waals surface area contributed by atoms with Crippen LogP contribution in [0.3, 0.4) is 0 Å². The number of nitro groups is 1. The Morgan fingerprint density at radius 3 is 2.63 bits per heavy atom. The molecule has 3 rings (SSSR count). The van der Waals surface area contributed by atoms with Crippen LogP contribution in [-0.4, -0.2) is 20.1 Å². The summed E-state index contributed by atoms with van der Waals surface area (Å²) in [6.45, 7) is 0. The number of hydrogen-bond acceptors (Lipinski definition) is 5. The van der Waals surface area contributed by atoms with E-state index in [0.29, 0.717) is 23.0 Å². The average molecular weight is 256 g/mol. The van der Waals surface area contributed by atoms with Gasteiger partial charge >= 0.3 is 0 Å². The number of nitro benzene ring substituents is 1. The molecule has 1 aromatic carbocycles. The maximum Gasteiger partial charge on any atom is 0.269 e. The molecule has 0 radical (unpaired) electrons. The topological polar surface area (TPSA) is 97.8 Å². The van der Waals surface area contributed by atoms with Gasteiger partial charge in [0.25, 0.3) is 5.69 Å². The molecule has 0 saturated carbocycles. The Balaban J connectivity index is 1.92. The van der Waals surface area contributed by atoms with Crippen molar-refractivity contribution >= 4 is 5.69 Å². The minimum Gasteiger partial charge on any atom is -0.461 e. The highest BCUT2D eigenvalue weighted by Crippen LogP contribution is 2.22. The molecule has 19 heavy (non-hydrogen) atoms. The summed E-state index contributed by atoms with van der Waals surface area (Å²) in [6.07, 6.45) is 1.55. The van der Waals surface area contributed by atoms with Crippen LogP contribution >= 0.6 is 0 Å². The smallest absolute Gasteiger partial charge is 0.269 e. The van der Waals surface area contributed by atoms with Crippen LogP contribution in [0.15, 0.2) is 47.1 Å². The zero-order valence-electron chi connectivity index (χ0n) is 9.61. The van der Waals surface area contributed by atoms with E-state index in [1.807, 2.05) is 0 Å². The van der Waals surface area contributed by atoms with Gasteiger partial charge in [-0.15, -0.1) is 0 Å². The van der Waals surface area contributed by atoms with Crippen LogP contribution in [0.1, 0.15) is 0 Å². The Hall–Kier alpha value is -2.96. The van der Waals surface area contributed by atoms with Gasteiger partial charge in [0, 0.05) is 17.7 Å². The number of H-pyrrole nitrogens is 1. The number of nitrogens with zero attached hydrogens (tertiary/aromatic N) is 3. The summed E-state index contributed by atoms with van der Waals surface area (Å²) in [7, 11) is 0. The Kier molecular flexibility index (Phi) is 2.57. The number of rotatable bonds is 3. The highest BCUT2D eigenvalue weighted by atomic mass is 16.6. The van der Waals surface area contributed by atoms with E-state index in [1.54, 1.807) is 30.5 Å².